The number of hydrogen-bond acceptors (Lipinski definition) is 6. The van der Waals surface area contributed by atoms with Crippen LogP contribution in [0.5, 0.6) is 0 Å². The Kier molecular flexibility index (Phi) is 7.36. The number of hydrogen-bond donors (Lipinski definition) is 2. The average molecular weight is 495 g/mol. The number of carbonyl (C=O) groups is 4. The van der Waals surface area contributed by atoms with Gasteiger partial charge < -0.3 is 20.3 Å². The number of amides is 4. The zero-order valence-corrected chi connectivity index (χ0v) is 21.1. The highest BCUT2D eigenvalue weighted by molar-refractivity contribution is 6.05. The van der Waals surface area contributed by atoms with Gasteiger partial charge in [-0.25, -0.2) is 4.79 Å². The molecule has 0 spiro atoms. The molecular weight excluding hydrogens is 460 g/mol. The highest BCUT2D eigenvalue weighted by atomic mass is 16.6. The van der Waals surface area contributed by atoms with Gasteiger partial charge in [0.2, 0.25) is 11.8 Å². The number of unbranched alkanes of at least 4 members (excludes halogenated alkanes) is 1. The van der Waals surface area contributed by atoms with Crippen molar-refractivity contribution in [2.75, 3.05) is 6.54 Å². The van der Waals surface area contributed by atoms with E-state index >= 15 is 0 Å². The average Bonchev–Trinajstić information content (AvgIpc) is 3.08. The molecule has 9 nitrogen and oxygen atoms in total. The molecule has 3 aliphatic rings. The number of nitrogens with one attached hydrogen (secondary N) is 1. The summed E-state index contributed by atoms with van der Waals surface area (Å²) in [4.78, 5) is 52.4. The molecule has 0 bridgehead atoms. The molecule has 1 atom stereocenters. The quantitative estimate of drug-likeness (QED) is 0.368. The fourth-order valence-corrected chi connectivity index (χ4v) is 4.78. The van der Waals surface area contributed by atoms with Crippen LogP contribution < -0.4 is 11.1 Å². The topological polar surface area (TPSA) is 122 Å². The number of fused-ring (bicyclic) bond motifs is 1. The molecule has 1 aliphatic carbocycles. The molecule has 3 N–H and O–H groups in total. The van der Waals surface area contributed by atoms with E-state index in [-0.39, 0.29) is 36.4 Å². The van der Waals surface area contributed by atoms with Crippen molar-refractivity contribution in [2.45, 2.75) is 89.6 Å². The van der Waals surface area contributed by atoms with E-state index in [1.807, 2.05) is 26.8 Å². The smallest absolute Gasteiger partial charge is 0.410 e. The van der Waals surface area contributed by atoms with Gasteiger partial charge in [0.25, 0.3) is 5.91 Å². The van der Waals surface area contributed by atoms with Gasteiger partial charge in [0.05, 0.1) is 0 Å². The molecule has 1 aromatic carbocycles. The fourth-order valence-electron chi connectivity index (χ4n) is 4.78. The summed E-state index contributed by atoms with van der Waals surface area (Å²) >= 11 is 0. The van der Waals surface area contributed by atoms with E-state index in [1.54, 1.807) is 17.0 Å². The lowest BCUT2D eigenvalue weighted by Crippen LogP contribution is -2.54. The van der Waals surface area contributed by atoms with E-state index in [4.69, 9.17) is 10.5 Å². The highest BCUT2D eigenvalue weighted by Crippen LogP contribution is 2.28. The van der Waals surface area contributed by atoms with Crippen molar-refractivity contribution in [1.29, 1.82) is 0 Å². The highest BCUT2D eigenvalue weighted by Gasteiger charge is 2.39. The zero-order chi connectivity index (χ0) is 26.0. The fraction of sp³-hybridized carbons (Fsp3) is 0.556. The molecule has 2 aliphatic heterocycles. The third kappa shape index (κ3) is 5.88. The normalized spacial score (nSPS) is 23.3. The van der Waals surface area contributed by atoms with E-state index in [9.17, 15) is 19.2 Å². The number of benzene rings is 1. The maximum Gasteiger partial charge on any atom is 0.410 e. The number of nitrogens with zero attached hydrogens (tertiary/aromatic N) is 2. The van der Waals surface area contributed by atoms with Gasteiger partial charge in [0.15, 0.2) is 0 Å². The summed E-state index contributed by atoms with van der Waals surface area (Å²) in [6, 6.07) is 5.06. The summed E-state index contributed by atoms with van der Waals surface area (Å²) in [6.07, 6.45) is 3.15. The van der Waals surface area contributed by atoms with Crippen LogP contribution >= 0.6 is 0 Å². The van der Waals surface area contributed by atoms with Crippen LogP contribution in [0.25, 0.3) is 0 Å². The largest absolute Gasteiger partial charge is 0.444 e. The van der Waals surface area contributed by atoms with Crippen molar-refractivity contribution in [3.63, 3.8) is 0 Å². The summed E-state index contributed by atoms with van der Waals surface area (Å²) in [7, 11) is 0. The van der Waals surface area contributed by atoms with Gasteiger partial charge in [-0.1, -0.05) is 11.8 Å². The van der Waals surface area contributed by atoms with E-state index in [0.29, 0.717) is 37.9 Å². The lowest BCUT2D eigenvalue weighted by molar-refractivity contribution is -0.136. The van der Waals surface area contributed by atoms with Crippen molar-refractivity contribution in [2.24, 2.45) is 5.73 Å². The van der Waals surface area contributed by atoms with Crippen molar-refractivity contribution >= 4 is 23.8 Å². The first-order valence-electron chi connectivity index (χ1n) is 12.5. The van der Waals surface area contributed by atoms with Crippen LogP contribution in [0.15, 0.2) is 18.2 Å². The van der Waals surface area contributed by atoms with Gasteiger partial charge in [-0.2, -0.15) is 0 Å². The second kappa shape index (κ2) is 10.3. The van der Waals surface area contributed by atoms with Crippen LogP contribution in [0.2, 0.25) is 0 Å². The minimum Gasteiger partial charge on any atom is -0.444 e. The van der Waals surface area contributed by atoms with Crippen molar-refractivity contribution in [3.05, 3.63) is 34.9 Å². The maximum absolute atomic E-state index is 12.8. The lowest BCUT2D eigenvalue weighted by Gasteiger charge is -2.41. The minimum absolute atomic E-state index is 0.115. The van der Waals surface area contributed by atoms with Crippen molar-refractivity contribution in [1.82, 2.24) is 15.1 Å². The number of rotatable bonds is 5. The summed E-state index contributed by atoms with van der Waals surface area (Å²) < 4.78 is 5.57. The van der Waals surface area contributed by atoms with Gasteiger partial charge in [-0.3, -0.25) is 19.7 Å². The predicted molar refractivity (Wildman–Crippen MR) is 133 cm³/mol. The zero-order valence-electron chi connectivity index (χ0n) is 21.1. The summed E-state index contributed by atoms with van der Waals surface area (Å²) in [5.74, 6) is 5.39. The first-order chi connectivity index (χ1) is 17.0. The van der Waals surface area contributed by atoms with Crippen LogP contribution in [0, 0.1) is 11.8 Å². The molecule has 1 aromatic rings. The molecule has 1 unspecified atom stereocenters. The molecule has 192 valence electrons. The number of nitrogens with two attached hydrogens (primary N) is 1. The van der Waals surface area contributed by atoms with Gasteiger partial charge in [0, 0.05) is 49.1 Å². The Labute approximate surface area is 211 Å². The Morgan fingerprint density at radius 3 is 2.67 bits per heavy atom. The molecule has 2 heterocycles. The number of imide groups is 1. The standard InChI is InChI=1S/C27H34N4O5/c1-27(2,3)36-26(35)30(20-14-19(28)15-20)12-6-4-5-7-17-8-9-21-18(13-17)16-31(25(21)34)22-10-11-23(32)29-24(22)33/h8-9,13,19-20,22H,4,6,10-12,14-16,28H2,1-3H3,(H,29,32,33)/t19-,20+,22?. The van der Waals surface area contributed by atoms with E-state index < -0.39 is 17.6 Å². The van der Waals surface area contributed by atoms with Crippen LogP contribution in [0.4, 0.5) is 4.79 Å². The summed E-state index contributed by atoms with van der Waals surface area (Å²) in [5.41, 5.74) is 7.56. The van der Waals surface area contributed by atoms with Gasteiger partial charge in [0.1, 0.15) is 11.6 Å². The molecular formula is C27H34N4O5. The monoisotopic (exact) mass is 494 g/mol. The van der Waals surface area contributed by atoms with Crippen LogP contribution in [0.3, 0.4) is 0 Å². The van der Waals surface area contributed by atoms with E-state index in [2.05, 4.69) is 17.2 Å². The van der Waals surface area contributed by atoms with Gasteiger partial charge >= 0.3 is 6.09 Å². The Bertz CT molecular complexity index is 1120. The molecule has 1 saturated carbocycles. The van der Waals surface area contributed by atoms with E-state index in [0.717, 1.165) is 24.0 Å². The molecule has 2 fully saturated rings. The molecule has 0 aromatic heterocycles. The predicted octanol–water partition coefficient (Wildman–Crippen LogP) is 2.31. The molecule has 1 saturated heterocycles. The Morgan fingerprint density at radius 1 is 1.25 bits per heavy atom. The molecule has 9 heteroatoms. The first-order valence-corrected chi connectivity index (χ1v) is 12.5. The lowest BCUT2D eigenvalue weighted by atomic mass is 9.86. The Hall–Kier alpha value is -3.38. The second-order valence-corrected chi connectivity index (χ2v) is 10.7. The van der Waals surface area contributed by atoms with Crippen LogP contribution in [-0.2, 0) is 20.9 Å². The van der Waals surface area contributed by atoms with Crippen LogP contribution in [-0.4, -0.2) is 63.9 Å². The third-order valence-corrected chi connectivity index (χ3v) is 6.68. The van der Waals surface area contributed by atoms with Crippen molar-refractivity contribution < 1.29 is 23.9 Å². The van der Waals surface area contributed by atoms with Gasteiger partial charge in [-0.05, 0) is 70.2 Å². The SMILES string of the molecule is CC(C)(C)OC(=O)N(CCCC#Cc1ccc2c(c1)CN(C1CCC(=O)NC1=O)C2=O)[C@H]1C[C@@H](N)C1. The molecule has 4 amide bonds. The molecule has 36 heavy (non-hydrogen) atoms. The number of ether oxygens (including phenoxy) is 1. The summed E-state index contributed by atoms with van der Waals surface area (Å²) in [5, 5.41) is 2.31. The Morgan fingerprint density at radius 2 is 2.00 bits per heavy atom. The second-order valence-electron chi connectivity index (χ2n) is 10.7. The maximum atomic E-state index is 12.8. The number of carbonyl (C=O) groups excluding carboxylic acids is 4. The van der Waals surface area contributed by atoms with Crippen molar-refractivity contribution in [3.8, 4) is 11.8 Å². The van der Waals surface area contributed by atoms with Gasteiger partial charge in [-0.15, -0.1) is 0 Å². The minimum atomic E-state index is -0.629. The summed E-state index contributed by atoms with van der Waals surface area (Å²) in [6.45, 7) is 6.45. The third-order valence-electron chi connectivity index (χ3n) is 6.68. The Balaban J connectivity index is 1.33. The number of piperidine rings is 1. The molecule has 0 radical (unpaired) electrons. The molecule has 4 rings (SSSR count). The first kappa shape index (κ1) is 25.7. The van der Waals surface area contributed by atoms with E-state index in [1.165, 1.54) is 4.90 Å². The van der Waals surface area contributed by atoms with Crippen LogP contribution in [0.1, 0.15) is 80.8 Å².